The van der Waals surface area contributed by atoms with Crippen molar-refractivity contribution in [1.29, 1.82) is 0 Å². The fourth-order valence-electron chi connectivity index (χ4n) is 6.02. The average molecular weight is 579 g/mol. The van der Waals surface area contributed by atoms with Gasteiger partial charge in [-0.3, -0.25) is 9.55 Å². The van der Waals surface area contributed by atoms with E-state index in [0.29, 0.717) is 27.7 Å². The molecule has 7 rings (SSSR count). The molecule has 8 heteroatoms. The molecule has 0 amide bonds. The molecule has 4 aromatic heterocycles. The number of imidazole rings is 1. The molecule has 7 aromatic rings. The first kappa shape index (κ1) is 27.1. The predicted molar refractivity (Wildman–Crippen MR) is 165 cm³/mol. The predicted octanol–water partition coefficient (Wildman–Crippen LogP) is 10.1. The van der Waals surface area contributed by atoms with Crippen LogP contribution in [0.15, 0.2) is 77.2 Å². The highest BCUT2D eigenvalue weighted by Gasteiger charge is 2.33. The van der Waals surface area contributed by atoms with E-state index in [4.69, 9.17) is 14.4 Å². The molecule has 0 aliphatic heterocycles. The molecule has 216 valence electrons. The van der Waals surface area contributed by atoms with Gasteiger partial charge in [-0.1, -0.05) is 70.2 Å². The van der Waals surface area contributed by atoms with Crippen LogP contribution in [0.25, 0.3) is 61.1 Å². The van der Waals surface area contributed by atoms with Crippen molar-refractivity contribution in [3.05, 3.63) is 95.3 Å². The number of halogens is 3. The van der Waals surface area contributed by atoms with Crippen molar-refractivity contribution in [1.82, 2.24) is 19.5 Å². The van der Waals surface area contributed by atoms with Gasteiger partial charge in [0.25, 0.3) is 0 Å². The number of hydrogen-bond donors (Lipinski definition) is 0. The second-order valence-corrected chi connectivity index (χ2v) is 11.7. The number of furan rings is 1. The molecule has 4 heterocycles. The third-order valence-corrected chi connectivity index (χ3v) is 8.08. The van der Waals surface area contributed by atoms with Crippen LogP contribution in [0.1, 0.15) is 62.0 Å². The third-order valence-electron chi connectivity index (χ3n) is 8.08. The first-order chi connectivity index (χ1) is 20.5. The molecule has 0 radical (unpaired) electrons. The van der Waals surface area contributed by atoms with Gasteiger partial charge in [0.1, 0.15) is 17.1 Å². The van der Waals surface area contributed by atoms with E-state index < -0.39 is 11.9 Å². The molecule has 0 aliphatic carbocycles. The number of alkyl halides is 3. The average Bonchev–Trinajstić information content (AvgIpc) is 3.54. The van der Waals surface area contributed by atoms with E-state index >= 15 is 0 Å². The topological polar surface area (TPSA) is 56.7 Å². The van der Waals surface area contributed by atoms with Crippen LogP contribution >= 0.6 is 0 Å². The highest BCUT2D eigenvalue weighted by molar-refractivity contribution is 6.10. The van der Waals surface area contributed by atoms with E-state index in [9.17, 15) is 13.2 Å². The Kier molecular flexibility index (Phi) is 6.09. The standard InChI is InChI=1S/C35H29F3N4O/c1-18(2)22-8-6-9-23(19(3)4)30(22)42-31-27(16-14-21-13-12-20(5)39-29(21)31)40-33(42)26-11-7-10-24-25-15-17-28(35(36,37)38)41-34(25)43-32(24)26/h6-19H,1-5H3. The fraction of sp³-hybridized carbons (Fsp3) is 0.229. The van der Waals surface area contributed by atoms with Gasteiger partial charge < -0.3 is 4.42 Å². The van der Waals surface area contributed by atoms with Gasteiger partial charge in [0.05, 0.1) is 27.8 Å². The minimum absolute atomic E-state index is 0.0619. The molecule has 0 spiro atoms. The highest BCUT2D eigenvalue weighted by Crippen LogP contribution is 2.42. The number of aromatic nitrogens is 4. The molecule has 5 nitrogen and oxygen atoms in total. The van der Waals surface area contributed by atoms with Crippen LogP contribution < -0.4 is 0 Å². The lowest BCUT2D eigenvalue weighted by molar-refractivity contribution is -0.141. The Bertz CT molecular complexity index is 2180. The van der Waals surface area contributed by atoms with Crippen molar-refractivity contribution in [2.75, 3.05) is 0 Å². The Morgan fingerprint density at radius 2 is 1.44 bits per heavy atom. The molecule has 0 saturated heterocycles. The Morgan fingerprint density at radius 1 is 0.744 bits per heavy atom. The first-order valence-corrected chi connectivity index (χ1v) is 14.3. The summed E-state index contributed by atoms with van der Waals surface area (Å²) in [4.78, 5) is 14.0. The summed E-state index contributed by atoms with van der Waals surface area (Å²) in [5.41, 5.74) is 6.74. The van der Waals surface area contributed by atoms with Crippen molar-refractivity contribution in [3.63, 3.8) is 0 Å². The number of benzene rings is 3. The molecule has 0 N–H and O–H groups in total. The summed E-state index contributed by atoms with van der Waals surface area (Å²) < 4.78 is 48.9. The number of nitrogens with zero attached hydrogens (tertiary/aromatic N) is 4. The second-order valence-electron chi connectivity index (χ2n) is 11.7. The number of fused-ring (bicyclic) bond motifs is 6. The van der Waals surface area contributed by atoms with Crippen molar-refractivity contribution in [3.8, 4) is 17.1 Å². The van der Waals surface area contributed by atoms with Crippen molar-refractivity contribution in [2.45, 2.75) is 52.6 Å². The van der Waals surface area contributed by atoms with E-state index in [2.05, 4.69) is 61.5 Å². The molecule has 0 bridgehead atoms. The van der Waals surface area contributed by atoms with E-state index in [-0.39, 0.29) is 17.5 Å². The third kappa shape index (κ3) is 4.27. The maximum absolute atomic E-state index is 13.5. The summed E-state index contributed by atoms with van der Waals surface area (Å²) >= 11 is 0. The van der Waals surface area contributed by atoms with Crippen LogP contribution in [0.4, 0.5) is 13.2 Å². The lowest BCUT2D eigenvalue weighted by Gasteiger charge is -2.23. The summed E-state index contributed by atoms with van der Waals surface area (Å²) in [7, 11) is 0. The number of aryl methyl sites for hydroxylation is 1. The summed E-state index contributed by atoms with van der Waals surface area (Å²) in [6.07, 6.45) is -4.58. The number of hydrogen-bond acceptors (Lipinski definition) is 4. The van der Waals surface area contributed by atoms with Gasteiger partial charge >= 0.3 is 6.18 Å². The van der Waals surface area contributed by atoms with E-state index in [1.54, 1.807) is 0 Å². The minimum atomic E-state index is -4.58. The lowest BCUT2D eigenvalue weighted by atomic mass is 9.92. The van der Waals surface area contributed by atoms with Crippen LogP contribution in [0, 0.1) is 6.92 Å². The molecule has 43 heavy (non-hydrogen) atoms. The fourth-order valence-corrected chi connectivity index (χ4v) is 6.02. The molecule has 0 atom stereocenters. The van der Waals surface area contributed by atoms with Crippen molar-refractivity contribution >= 4 is 44.0 Å². The summed E-state index contributed by atoms with van der Waals surface area (Å²) in [5.74, 6) is 1.04. The zero-order valence-electron chi connectivity index (χ0n) is 24.4. The Hall–Kier alpha value is -4.72. The molecular formula is C35H29F3N4O. The van der Waals surface area contributed by atoms with Gasteiger partial charge in [-0.05, 0) is 60.2 Å². The molecule has 0 saturated carbocycles. The first-order valence-electron chi connectivity index (χ1n) is 14.3. The van der Waals surface area contributed by atoms with Crippen LogP contribution in [0.5, 0.6) is 0 Å². The van der Waals surface area contributed by atoms with Crippen LogP contribution in [-0.4, -0.2) is 19.5 Å². The molecule has 3 aromatic carbocycles. The quantitative estimate of drug-likeness (QED) is 0.209. The smallest absolute Gasteiger partial charge is 0.433 e. The molecular weight excluding hydrogens is 549 g/mol. The van der Waals surface area contributed by atoms with Gasteiger partial charge in [-0.25, -0.2) is 9.97 Å². The van der Waals surface area contributed by atoms with Gasteiger partial charge in [0.15, 0.2) is 0 Å². The minimum Gasteiger partial charge on any atom is -0.437 e. The largest absolute Gasteiger partial charge is 0.437 e. The summed E-state index contributed by atoms with van der Waals surface area (Å²) in [6.45, 7) is 10.7. The Balaban J connectivity index is 1.65. The van der Waals surface area contributed by atoms with Gasteiger partial charge in [0.2, 0.25) is 5.71 Å². The maximum Gasteiger partial charge on any atom is 0.433 e. The lowest BCUT2D eigenvalue weighted by Crippen LogP contribution is -2.09. The normalized spacial score (nSPS) is 12.6. The van der Waals surface area contributed by atoms with Gasteiger partial charge in [-0.15, -0.1) is 0 Å². The Morgan fingerprint density at radius 3 is 2.14 bits per heavy atom. The zero-order chi connectivity index (χ0) is 30.2. The summed E-state index contributed by atoms with van der Waals surface area (Å²) in [6, 6.07) is 22.5. The van der Waals surface area contributed by atoms with Crippen molar-refractivity contribution < 1.29 is 17.6 Å². The number of pyridine rings is 2. The number of rotatable bonds is 4. The van der Waals surface area contributed by atoms with Gasteiger partial charge in [0, 0.05) is 21.9 Å². The monoisotopic (exact) mass is 578 g/mol. The molecule has 0 unspecified atom stereocenters. The maximum atomic E-state index is 13.5. The highest BCUT2D eigenvalue weighted by atomic mass is 19.4. The zero-order valence-corrected chi connectivity index (χ0v) is 24.4. The second kappa shape index (κ2) is 9.66. The van der Waals surface area contributed by atoms with Crippen LogP contribution in [-0.2, 0) is 6.18 Å². The molecule has 0 aliphatic rings. The van der Waals surface area contributed by atoms with E-state index in [0.717, 1.165) is 50.5 Å². The number of para-hydroxylation sites is 2. The van der Waals surface area contributed by atoms with E-state index in [1.807, 2.05) is 43.3 Å². The van der Waals surface area contributed by atoms with Crippen molar-refractivity contribution in [2.24, 2.45) is 0 Å². The SMILES string of the molecule is Cc1ccc2ccc3nc(-c4cccc5c4oc4nc(C(F)(F)F)ccc45)n(-c4c(C(C)C)cccc4C(C)C)c3c2n1. The molecule has 0 fully saturated rings. The summed E-state index contributed by atoms with van der Waals surface area (Å²) in [5, 5.41) is 2.18. The Labute approximate surface area is 246 Å². The van der Waals surface area contributed by atoms with Crippen LogP contribution in [0.3, 0.4) is 0 Å². The van der Waals surface area contributed by atoms with Gasteiger partial charge in [-0.2, -0.15) is 13.2 Å². The van der Waals surface area contributed by atoms with E-state index in [1.165, 1.54) is 6.07 Å². The van der Waals surface area contributed by atoms with Crippen LogP contribution in [0.2, 0.25) is 0 Å².